The van der Waals surface area contributed by atoms with Gasteiger partial charge in [0.1, 0.15) is 9.84 Å². The van der Waals surface area contributed by atoms with Crippen LogP contribution in [0.25, 0.3) is 0 Å². The zero-order valence-electron chi connectivity index (χ0n) is 16.9. The minimum absolute atomic E-state index is 0.0213. The number of rotatable bonds is 7. The number of carbonyl (C=O) groups excluding carboxylic acids is 1. The van der Waals surface area contributed by atoms with Crippen LogP contribution in [0.5, 0.6) is 0 Å². The number of sulfone groups is 1. The number of carbonyl (C=O) groups is 1. The molecule has 1 saturated heterocycles. The fourth-order valence-electron chi connectivity index (χ4n) is 2.96. The summed E-state index contributed by atoms with van der Waals surface area (Å²) in [7, 11) is -1.30. The van der Waals surface area contributed by atoms with Crippen molar-refractivity contribution in [1.29, 1.82) is 0 Å². The highest BCUT2D eigenvalue weighted by Gasteiger charge is 2.17. The smallest absolute Gasteiger partial charge is 0.321 e. The van der Waals surface area contributed by atoms with Crippen molar-refractivity contribution in [3.63, 3.8) is 0 Å². The van der Waals surface area contributed by atoms with Gasteiger partial charge in [-0.2, -0.15) is 0 Å². The lowest BCUT2D eigenvalue weighted by molar-refractivity contribution is 0.222. The summed E-state index contributed by atoms with van der Waals surface area (Å²) in [5.74, 6) is 0.740. The van der Waals surface area contributed by atoms with E-state index in [-0.39, 0.29) is 17.8 Å². The van der Waals surface area contributed by atoms with Crippen LogP contribution in [0.15, 0.2) is 29.3 Å². The maximum absolute atomic E-state index is 12.2. The van der Waals surface area contributed by atoms with Gasteiger partial charge in [0.2, 0.25) is 0 Å². The molecule has 1 aliphatic heterocycles. The van der Waals surface area contributed by atoms with Gasteiger partial charge in [-0.05, 0) is 43.9 Å². The molecule has 1 fully saturated rings. The Morgan fingerprint density at radius 2 is 2.00 bits per heavy atom. The molecule has 156 valence electrons. The first-order valence-electron chi connectivity index (χ1n) is 9.56. The van der Waals surface area contributed by atoms with E-state index in [2.05, 4.69) is 20.9 Å². The fourth-order valence-corrected chi connectivity index (χ4v) is 3.74. The quantitative estimate of drug-likeness (QED) is 0.471. The number of amides is 2. The molecule has 1 unspecified atom stereocenters. The van der Waals surface area contributed by atoms with Gasteiger partial charge in [0, 0.05) is 44.7 Å². The summed E-state index contributed by atoms with van der Waals surface area (Å²) in [5, 5.41) is 9.35. The molecule has 0 aliphatic carbocycles. The molecule has 9 heteroatoms. The Morgan fingerprint density at radius 1 is 1.29 bits per heavy atom. The van der Waals surface area contributed by atoms with E-state index in [0.29, 0.717) is 18.9 Å². The summed E-state index contributed by atoms with van der Waals surface area (Å²) in [4.78, 5) is 18.2. The number of benzene rings is 1. The topological polar surface area (TPSA) is 103 Å². The number of nitrogens with one attached hydrogen (secondary N) is 3. The van der Waals surface area contributed by atoms with Gasteiger partial charge >= 0.3 is 6.03 Å². The number of likely N-dealkylation sites (tertiary alicyclic amines) is 1. The van der Waals surface area contributed by atoms with Crippen LogP contribution in [0.4, 0.5) is 10.5 Å². The summed E-state index contributed by atoms with van der Waals surface area (Å²) in [6.07, 6.45) is 3.87. The number of aliphatic imine (C=N–C) groups is 1. The van der Waals surface area contributed by atoms with Crippen molar-refractivity contribution in [2.45, 2.75) is 38.8 Å². The normalized spacial score (nSPS) is 16.0. The lowest BCUT2D eigenvalue weighted by Crippen LogP contribution is -2.42. The molecule has 0 radical (unpaired) electrons. The molecule has 0 aromatic heterocycles. The van der Waals surface area contributed by atoms with Crippen molar-refractivity contribution >= 4 is 27.5 Å². The van der Waals surface area contributed by atoms with Crippen LogP contribution in [-0.4, -0.2) is 63.5 Å². The first-order valence-corrected chi connectivity index (χ1v) is 11.6. The number of nitrogens with zero attached hydrogens (tertiary/aromatic N) is 2. The van der Waals surface area contributed by atoms with Crippen molar-refractivity contribution in [2.75, 3.05) is 37.5 Å². The van der Waals surface area contributed by atoms with Crippen LogP contribution < -0.4 is 16.0 Å². The predicted molar refractivity (Wildman–Crippen MR) is 113 cm³/mol. The molecule has 0 spiro atoms. The van der Waals surface area contributed by atoms with Gasteiger partial charge in [0.05, 0.1) is 5.75 Å². The van der Waals surface area contributed by atoms with Crippen molar-refractivity contribution < 1.29 is 13.2 Å². The van der Waals surface area contributed by atoms with Crippen LogP contribution in [0.2, 0.25) is 0 Å². The first-order chi connectivity index (χ1) is 13.3. The molecule has 1 atom stereocenters. The van der Waals surface area contributed by atoms with E-state index in [9.17, 15) is 13.2 Å². The maximum Gasteiger partial charge on any atom is 0.321 e. The zero-order chi connectivity index (χ0) is 20.6. The molecule has 0 bridgehead atoms. The van der Waals surface area contributed by atoms with E-state index in [1.807, 2.05) is 36.1 Å². The Labute approximate surface area is 167 Å². The molecular formula is C19H31N5O3S. The molecule has 1 heterocycles. The molecule has 1 aliphatic rings. The van der Waals surface area contributed by atoms with Gasteiger partial charge in [-0.1, -0.05) is 12.1 Å². The Kier molecular flexibility index (Phi) is 8.10. The molecule has 2 rings (SSSR count). The van der Waals surface area contributed by atoms with Crippen LogP contribution in [-0.2, 0) is 16.4 Å². The Bertz CT molecular complexity index is 789. The van der Waals surface area contributed by atoms with Gasteiger partial charge in [-0.25, -0.2) is 13.2 Å². The Balaban J connectivity index is 1.84. The maximum atomic E-state index is 12.2. The average molecular weight is 410 g/mol. The van der Waals surface area contributed by atoms with E-state index < -0.39 is 9.84 Å². The molecule has 1 aromatic carbocycles. The minimum atomic E-state index is -2.98. The van der Waals surface area contributed by atoms with Gasteiger partial charge in [0.25, 0.3) is 0 Å². The summed E-state index contributed by atoms with van der Waals surface area (Å²) in [6, 6.07) is 7.60. The summed E-state index contributed by atoms with van der Waals surface area (Å²) in [6.45, 7) is 4.08. The van der Waals surface area contributed by atoms with Crippen molar-refractivity contribution in [3.05, 3.63) is 29.8 Å². The molecule has 28 heavy (non-hydrogen) atoms. The van der Waals surface area contributed by atoms with Gasteiger partial charge in [-0.15, -0.1) is 0 Å². The summed E-state index contributed by atoms with van der Waals surface area (Å²) < 4.78 is 22.6. The van der Waals surface area contributed by atoms with Crippen LogP contribution in [0.3, 0.4) is 0 Å². The third kappa shape index (κ3) is 7.75. The van der Waals surface area contributed by atoms with Crippen LogP contribution >= 0.6 is 0 Å². The van der Waals surface area contributed by atoms with Crippen molar-refractivity contribution in [1.82, 2.24) is 15.5 Å². The van der Waals surface area contributed by atoms with Crippen molar-refractivity contribution in [3.8, 4) is 0 Å². The number of guanidine groups is 1. The van der Waals surface area contributed by atoms with E-state index >= 15 is 0 Å². The Hall–Kier alpha value is -2.29. The lowest BCUT2D eigenvalue weighted by Gasteiger charge is -2.18. The lowest BCUT2D eigenvalue weighted by atomic mass is 10.2. The van der Waals surface area contributed by atoms with Gasteiger partial charge in [0.15, 0.2) is 5.96 Å². The van der Waals surface area contributed by atoms with Crippen molar-refractivity contribution in [2.24, 2.45) is 4.99 Å². The molecule has 0 saturated carbocycles. The molecule has 2 amide bonds. The molecule has 3 N–H and O–H groups in total. The molecule has 1 aromatic rings. The minimum Gasteiger partial charge on any atom is -0.354 e. The first kappa shape index (κ1) is 22.0. The number of urea groups is 1. The second-order valence-corrected chi connectivity index (χ2v) is 9.47. The SMILES string of the molecule is CN=C(NCc1cccc(NC(=O)N2CCCC2)c1)NC(C)CCS(C)(=O)=O. The van der Waals surface area contributed by atoms with Crippen LogP contribution in [0, 0.1) is 0 Å². The summed E-state index contributed by atoms with van der Waals surface area (Å²) >= 11 is 0. The number of anilines is 1. The third-order valence-electron chi connectivity index (χ3n) is 4.56. The van der Waals surface area contributed by atoms with E-state index in [4.69, 9.17) is 0 Å². The van der Waals surface area contributed by atoms with Gasteiger partial charge in [-0.3, -0.25) is 4.99 Å². The van der Waals surface area contributed by atoms with Crippen LogP contribution in [0.1, 0.15) is 31.7 Å². The fraction of sp³-hybridized carbons (Fsp3) is 0.579. The van der Waals surface area contributed by atoms with E-state index in [1.165, 1.54) is 6.26 Å². The Morgan fingerprint density at radius 3 is 2.64 bits per heavy atom. The van der Waals surface area contributed by atoms with Gasteiger partial charge < -0.3 is 20.9 Å². The predicted octanol–water partition coefficient (Wildman–Crippen LogP) is 1.80. The van der Waals surface area contributed by atoms with E-state index in [0.717, 1.165) is 37.2 Å². The second kappa shape index (κ2) is 10.3. The number of hydrogen-bond donors (Lipinski definition) is 3. The summed E-state index contributed by atoms with van der Waals surface area (Å²) in [5.41, 5.74) is 1.77. The third-order valence-corrected chi connectivity index (χ3v) is 5.54. The average Bonchev–Trinajstić information content (AvgIpc) is 3.18. The standard InChI is InChI=1S/C19H31N5O3S/c1-15(9-12-28(3,26)27)22-18(20-2)21-14-16-7-6-8-17(13-16)23-19(25)24-10-4-5-11-24/h6-8,13,15H,4-5,9-12,14H2,1-3H3,(H,23,25)(H2,20,21,22). The van der Waals surface area contributed by atoms with E-state index in [1.54, 1.807) is 7.05 Å². The number of hydrogen-bond acceptors (Lipinski definition) is 4. The highest BCUT2D eigenvalue weighted by atomic mass is 32.2. The molecule has 8 nitrogen and oxygen atoms in total. The highest BCUT2D eigenvalue weighted by molar-refractivity contribution is 7.90. The molecular weight excluding hydrogens is 378 g/mol. The largest absolute Gasteiger partial charge is 0.354 e. The monoisotopic (exact) mass is 409 g/mol. The highest BCUT2D eigenvalue weighted by Crippen LogP contribution is 2.14. The zero-order valence-corrected chi connectivity index (χ0v) is 17.7. The second-order valence-electron chi connectivity index (χ2n) is 7.21.